The Morgan fingerprint density at radius 1 is 1.07 bits per heavy atom. The number of urea groups is 1. The first-order valence-corrected chi connectivity index (χ1v) is 14.3. The highest BCUT2D eigenvalue weighted by Crippen LogP contribution is 2.37. The molecule has 2 aliphatic rings. The van der Waals surface area contributed by atoms with Gasteiger partial charge in [0.05, 0.1) is 7.11 Å². The number of carbonyl (C=O) groups is 4. The van der Waals surface area contributed by atoms with E-state index in [1.807, 2.05) is 44.2 Å². The van der Waals surface area contributed by atoms with Crippen molar-refractivity contribution in [2.24, 2.45) is 10.9 Å². The maximum atomic E-state index is 15.5. The van der Waals surface area contributed by atoms with Gasteiger partial charge in [-0.2, -0.15) is 0 Å². The molecule has 3 N–H and O–H groups in total. The highest BCUT2D eigenvalue weighted by atomic mass is 19.1. The first-order valence-electron chi connectivity index (χ1n) is 14.3. The fourth-order valence-electron chi connectivity index (χ4n) is 5.61. The van der Waals surface area contributed by atoms with Crippen molar-refractivity contribution in [3.63, 3.8) is 0 Å². The maximum absolute atomic E-state index is 15.5. The smallest absolute Gasteiger partial charge is 0.349 e. The van der Waals surface area contributed by atoms with Crippen LogP contribution in [0.15, 0.2) is 53.5 Å². The van der Waals surface area contributed by atoms with Gasteiger partial charge in [0.15, 0.2) is 5.92 Å². The molecule has 0 aromatic heterocycles. The first-order chi connectivity index (χ1) is 21.1. The van der Waals surface area contributed by atoms with Crippen molar-refractivity contribution in [2.45, 2.75) is 39.3 Å². The Morgan fingerprint density at radius 2 is 1.77 bits per heavy atom. The Bertz CT molecular complexity index is 1690. The molecule has 0 aliphatic carbocycles. The van der Waals surface area contributed by atoms with Gasteiger partial charge in [-0.15, -0.1) is 0 Å². The van der Waals surface area contributed by atoms with Crippen LogP contribution in [0.25, 0.3) is 22.3 Å². The second kappa shape index (κ2) is 12.8. The van der Waals surface area contributed by atoms with Crippen LogP contribution in [0.3, 0.4) is 0 Å². The third kappa shape index (κ3) is 6.09. The average molecular weight is 600 g/mol. The summed E-state index contributed by atoms with van der Waals surface area (Å²) in [5.41, 5.74) is 5.81. The summed E-state index contributed by atoms with van der Waals surface area (Å²) in [6.07, 6.45) is 2.33. The minimum Gasteiger partial charge on any atom is -0.496 e. The van der Waals surface area contributed by atoms with Crippen molar-refractivity contribution in [3.8, 4) is 28.0 Å². The summed E-state index contributed by atoms with van der Waals surface area (Å²) in [5, 5.41) is 8.93. The molecule has 2 aliphatic heterocycles. The Hall–Kier alpha value is -4.90. The van der Waals surface area contributed by atoms with E-state index in [0.29, 0.717) is 35.5 Å². The lowest BCUT2D eigenvalue weighted by molar-refractivity contribution is -0.134. The number of carbonyl (C=O) groups excluding carboxylic acids is 4. The van der Waals surface area contributed by atoms with Crippen molar-refractivity contribution in [1.29, 1.82) is 0 Å². The van der Waals surface area contributed by atoms with Crippen LogP contribution in [-0.2, 0) is 20.9 Å². The third-order valence-corrected chi connectivity index (χ3v) is 8.18. The molecular formula is C33H34FN5O5. The summed E-state index contributed by atoms with van der Waals surface area (Å²) in [6.45, 7) is 4.61. The van der Waals surface area contributed by atoms with Gasteiger partial charge in [0, 0.05) is 50.1 Å². The molecule has 44 heavy (non-hydrogen) atoms. The van der Waals surface area contributed by atoms with Crippen molar-refractivity contribution in [3.05, 3.63) is 71.0 Å². The number of ether oxygens (including phenoxy) is 1. The van der Waals surface area contributed by atoms with E-state index in [0.717, 1.165) is 45.4 Å². The lowest BCUT2D eigenvalue weighted by atomic mass is 9.90. The maximum Gasteiger partial charge on any atom is 0.349 e. The molecule has 0 bridgehead atoms. The molecule has 5 amide bonds. The summed E-state index contributed by atoms with van der Waals surface area (Å²) in [7, 11) is 2.79. The van der Waals surface area contributed by atoms with Crippen LogP contribution in [0.1, 0.15) is 29.5 Å². The lowest BCUT2D eigenvalue weighted by Gasteiger charge is -2.22. The molecule has 0 radical (unpaired) electrons. The Labute approximate surface area is 254 Å². The number of nitrogens with one attached hydrogen (secondary N) is 3. The second-order valence-electron chi connectivity index (χ2n) is 11.0. The fourth-order valence-corrected chi connectivity index (χ4v) is 5.61. The van der Waals surface area contributed by atoms with Gasteiger partial charge >= 0.3 is 6.03 Å². The van der Waals surface area contributed by atoms with Crippen LogP contribution in [-0.4, -0.2) is 61.6 Å². The number of hydrogen-bond donors (Lipinski definition) is 3. The molecule has 3 aromatic carbocycles. The minimum absolute atomic E-state index is 0.0341. The predicted octanol–water partition coefficient (Wildman–Crippen LogP) is 4.37. The third-order valence-electron chi connectivity index (χ3n) is 8.18. The Balaban J connectivity index is 1.39. The summed E-state index contributed by atoms with van der Waals surface area (Å²) >= 11 is 0. The first kappa shape index (κ1) is 30.6. The highest BCUT2D eigenvalue weighted by Gasteiger charge is 2.34. The van der Waals surface area contributed by atoms with Gasteiger partial charge in [0.2, 0.25) is 17.7 Å². The molecule has 1 unspecified atom stereocenters. The number of amides is 5. The minimum atomic E-state index is -1.21. The molecule has 1 saturated heterocycles. The lowest BCUT2D eigenvalue weighted by Crippen LogP contribution is -2.45. The van der Waals surface area contributed by atoms with Crippen LogP contribution < -0.4 is 20.7 Å². The SMILES string of the molecule is COc1cc(-c2cccc(-c3cccc(NC(=O)C4C=NC(=O)N(C)C4=O)c3C)c2C)cc(F)c1CNC[C@@H]1CCC(=O)N1. The van der Waals surface area contributed by atoms with Gasteiger partial charge in [0.1, 0.15) is 11.6 Å². The van der Waals surface area contributed by atoms with E-state index in [1.165, 1.54) is 20.2 Å². The Morgan fingerprint density at radius 3 is 2.48 bits per heavy atom. The van der Waals surface area contributed by atoms with Gasteiger partial charge in [-0.1, -0.05) is 30.3 Å². The van der Waals surface area contributed by atoms with Gasteiger partial charge in [-0.25, -0.2) is 14.2 Å². The molecule has 2 heterocycles. The van der Waals surface area contributed by atoms with Gasteiger partial charge < -0.3 is 20.7 Å². The fraction of sp³-hybridized carbons (Fsp3) is 0.303. The highest BCUT2D eigenvalue weighted by molar-refractivity contribution is 6.23. The van der Waals surface area contributed by atoms with Crippen molar-refractivity contribution in [1.82, 2.24) is 15.5 Å². The van der Waals surface area contributed by atoms with E-state index in [2.05, 4.69) is 20.9 Å². The largest absolute Gasteiger partial charge is 0.496 e. The number of aliphatic imine (C=N–C) groups is 1. The van der Waals surface area contributed by atoms with Crippen molar-refractivity contribution in [2.75, 3.05) is 26.0 Å². The van der Waals surface area contributed by atoms with Crippen molar-refractivity contribution >= 4 is 35.7 Å². The average Bonchev–Trinajstić information content (AvgIpc) is 3.42. The molecule has 3 aromatic rings. The topological polar surface area (TPSA) is 129 Å². The number of methoxy groups -OCH3 is 1. The van der Waals surface area contributed by atoms with E-state index in [-0.39, 0.29) is 18.5 Å². The molecule has 1 fully saturated rings. The van der Waals surface area contributed by atoms with E-state index < -0.39 is 29.6 Å². The predicted molar refractivity (Wildman–Crippen MR) is 165 cm³/mol. The zero-order valence-corrected chi connectivity index (χ0v) is 25.0. The van der Waals surface area contributed by atoms with Crippen LogP contribution in [0, 0.1) is 25.6 Å². The zero-order chi connectivity index (χ0) is 31.5. The molecule has 10 nitrogen and oxygen atoms in total. The number of hydrogen-bond acceptors (Lipinski definition) is 6. The van der Waals surface area contributed by atoms with Gasteiger partial charge in [-0.3, -0.25) is 19.3 Å². The molecule has 5 rings (SSSR count). The molecule has 2 atom stereocenters. The molecular weight excluding hydrogens is 565 g/mol. The standard InChI is InChI=1S/C33H34FN5O5/c1-18-22(20-13-27(34)25(29(14-20)44-4)16-35-15-21-11-12-30(40)37-21)7-5-8-23(18)24-9-6-10-28(19(24)2)38-31(41)26-17-36-33(43)39(3)32(26)42/h5-10,13-14,17,21,26,35H,11-12,15-16H2,1-4H3,(H,37,40)(H,38,41)/t21-,26?/m0/s1. The van der Waals surface area contributed by atoms with E-state index in [9.17, 15) is 19.2 Å². The number of halogens is 1. The number of nitrogens with zero attached hydrogens (tertiary/aromatic N) is 2. The number of anilines is 1. The normalized spacial score (nSPS) is 18.0. The van der Waals surface area contributed by atoms with Crippen LogP contribution in [0.5, 0.6) is 5.75 Å². The van der Waals surface area contributed by atoms with Crippen LogP contribution >= 0.6 is 0 Å². The molecule has 0 spiro atoms. The van der Waals surface area contributed by atoms with Crippen molar-refractivity contribution < 1.29 is 28.3 Å². The summed E-state index contributed by atoms with van der Waals surface area (Å²) in [5.74, 6) is -2.40. The molecule has 11 heteroatoms. The van der Waals surface area contributed by atoms with Gasteiger partial charge in [0.25, 0.3) is 0 Å². The van der Waals surface area contributed by atoms with E-state index in [1.54, 1.807) is 12.1 Å². The zero-order valence-electron chi connectivity index (χ0n) is 25.0. The summed E-state index contributed by atoms with van der Waals surface area (Å²) in [6, 6.07) is 13.9. The number of rotatable bonds is 9. The molecule has 0 saturated carbocycles. The second-order valence-corrected chi connectivity index (χ2v) is 11.0. The number of benzene rings is 3. The monoisotopic (exact) mass is 599 g/mol. The van der Waals surface area contributed by atoms with E-state index >= 15 is 4.39 Å². The van der Waals surface area contributed by atoms with Crippen LogP contribution in [0.4, 0.5) is 14.9 Å². The summed E-state index contributed by atoms with van der Waals surface area (Å²) in [4.78, 5) is 53.0. The number of imide groups is 1. The van der Waals surface area contributed by atoms with Crippen LogP contribution in [0.2, 0.25) is 0 Å². The molecule has 228 valence electrons. The Kier molecular flexibility index (Phi) is 8.86. The quantitative estimate of drug-likeness (QED) is 0.314. The van der Waals surface area contributed by atoms with Gasteiger partial charge in [-0.05, 0) is 71.8 Å². The summed E-state index contributed by atoms with van der Waals surface area (Å²) < 4.78 is 21.1. The van der Waals surface area contributed by atoms with E-state index in [4.69, 9.17) is 4.74 Å².